The standard InChI is InChI=1S/C14H16N4O5/c1-22-12-3-2-4-13(7-12)23-6-5-15-14(19)10-17-9-11(8-16-17)18(20)21/h2-4,7-9H,5-6,10H2,1H3,(H,15,19). The van der Waals surface area contributed by atoms with Crippen molar-refractivity contribution in [1.29, 1.82) is 0 Å². The van der Waals surface area contributed by atoms with Crippen LogP contribution in [-0.4, -0.2) is 40.9 Å². The Bertz CT molecular complexity index is 685. The first-order chi connectivity index (χ1) is 11.1. The maximum absolute atomic E-state index is 11.7. The van der Waals surface area contributed by atoms with Crippen LogP contribution in [0, 0.1) is 10.1 Å². The number of rotatable bonds is 8. The first-order valence-electron chi connectivity index (χ1n) is 6.79. The van der Waals surface area contributed by atoms with Gasteiger partial charge in [0.25, 0.3) is 0 Å². The minimum Gasteiger partial charge on any atom is -0.497 e. The summed E-state index contributed by atoms with van der Waals surface area (Å²) in [6.45, 7) is 0.505. The highest BCUT2D eigenvalue weighted by Crippen LogP contribution is 2.18. The zero-order chi connectivity index (χ0) is 16.7. The summed E-state index contributed by atoms with van der Waals surface area (Å²) in [6, 6.07) is 7.13. The van der Waals surface area contributed by atoms with E-state index in [1.165, 1.54) is 10.9 Å². The lowest BCUT2D eigenvalue weighted by Crippen LogP contribution is -2.31. The molecule has 0 radical (unpaired) electrons. The Hall–Kier alpha value is -3.10. The minimum atomic E-state index is -0.566. The van der Waals surface area contributed by atoms with Crippen molar-refractivity contribution >= 4 is 11.6 Å². The van der Waals surface area contributed by atoms with Gasteiger partial charge in [0.1, 0.15) is 37.0 Å². The molecule has 0 atom stereocenters. The molecule has 1 amide bonds. The van der Waals surface area contributed by atoms with Crippen molar-refractivity contribution in [1.82, 2.24) is 15.1 Å². The van der Waals surface area contributed by atoms with Gasteiger partial charge in [0.2, 0.25) is 5.91 Å². The van der Waals surface area contributed by atoms with Crippen LogP contribution in [0.4, 0.5) is 5.69 Å². The number of nitrogens with zero attached hydrogens (tertiary/aromatic N) is 3. The molecule has 0 fully saturated rings. The summed E-state index contributed by atoms with van der Waals surface area (Å²) in [7, 11) is 1.57. The Morgan fingerprint density at radius 2 is 2.22 bits per heavy atom. The predicted octanol–water partition coefficient (Wildman–Crippen LogP) is 0.995. The third-order valence-corrected chi connectivity index (χ3v) is 2.87. The maximum Gasteiger partial charge on any atom is 0.307 e. The van der Waals surface area contributed by atoms with Crippen LogP contribution >= 0.6 is 0 Å². The number of nitrogens with one attached hydrogen (secondary N) is 1. The molecule has 122 valence electrons. The zero-order valence-electron chi connectivity index (χ0n) is 12.5. The molecule has 1 aromatic heterocycles. The van der Waals surface area contributed by atoms with Crippen LogP contribution in [0.5, 0.6) is 11.5 Å². The maximum atomic E-state index is 11.7. The third kappa shape index (κ3) is 4.99. The highest BCUT2D eigenvalue weighted by Gasteiger charge is 2.10. The smallest absolute Gasteiger partial charge is 0.307 e. The molecule has 1 heterocycles. The Kier molecular flexibility index (Phi) is 5.50. The lowest BCUT2D eigenvalue weighted by Gasteiger charge is -2.08. The van der Waals surface area contributed by atoms with Gasteiger partial charge < -0.3 is 14.8 Å². The van der Waals surface area contributed by atoms with E-state index in [-0.39, 0.29) is 24.7 Å². The van der Waals surface area contributed by atoms with E-state index in [9.17, 15) is 14.9 Å². The first-order valence-corrected chi connectivity index (χ1v) is 6.79. The lowest BCUT2D eigenvalue weighted by atomic mass is 10.3. The van der Waals surface area contributed by atoms with Crippen molar-refractivity contribution in [3.8, 4) is 11.5 Å². The SMILES string of the molecule is COc1cccc(OCCNC(=O)Cn2cc([N+](=O)[O-])cn2)c1. The number of amides is 1. The van der Waals surface area contributed by atoms with E-state index in [1.807, 2.05) is 0 Å². The fourth-order valence-corrected chi connectivity index (χ4v) is 1.79. The molecule has 9 heteroatoms. The number of hydrogen-bond donors (Lipinski definition) is 1. The lowest BCUT2D eigenvalue weighted by molar-refractivity contribution is -0.385. The van der Waals surface area contributed by atoms with E-state index in [4.69, 9.17) is 9.47 Å². The van der Waals surface area contributed by atoms with Crippen molar-refractivity contribution in [3.63, 3.8) is 0 Å². The van der Waals surface area contributed by atoms with Crippen LogP contribution in [0.25, 0.3) is 0 Å². The van der Waals surface area contributed by atoms with Crippen LogP contribution in [0.2, 0.25) is 0 Å². The molecule has 1 aromatic carbocycles. The molecule has 1 N–H and O–H groups in total. The van der Waals surface area contributed by atoms with E-state index in [0.29, 0.717) is 18.0 Å². The molecule has 0 aliphatic heterocycles. The second kappa shape index (κ2) is 7.78. The molecule has 0 aliphatic rings. The van der Waals surface area contributed by atoms with Crippen LogP contribution < -0.4 is 14.8 Å². The van der Waals surface area contributed by atoms with Crippen LogP contribution in [0.1, 0.15) is 0 Å². The van der Waals surface area contributed by atoms with Crippen molar-refractivity contribution < 1.29 is 19.2 Å². The molecular weight excluding hydrogens is 304 g/mol. The molecule has 0 bridgehead atoms. The average Bonchev–Trinajstić information content (AvgIpc) is 3.00. The first kappa shape index (κ1) is 16.3. The number of hydrogen-bond acceptors (Lipinski definition) is 6. The number of nitro groups is 1. The van der Waals surface area contributed by atoms with Crippen molar-refractivity contribution in [2.75, 3.05) is 20.3 Å². The van der Waals surface area contributed by atoms with E-state index in [1.54, 1.807) is 31.4 Å². The highest BCUT2D eigenvalue weighted by atomic mass is 16.6. The predicted molar refractivity (Wildman–Crippen MR) is 80.4 cm³/mol. The van der Waals surface area contributed by atoms with E-state index < -0.39 is 4.92 Å². The topological polar surface area (TPSA) is 109 Å². The molecule has 0 saturated heterocycles. The summed E-state index contributed by atoms with van der Waals surface area (Å²) >= 11 is 0. The number of methoxy groups -OCH3 is 1. The number of aromatic nitrogens is 2. The van der Waals surface area contributed by atoms with Gasteiger partial charge in [-0.3, -0.25) is 19.6 Å². The quantitative estimate of drug-likeness (QED) is 0.441. The summed E-state index contributed by atoms with van der Waals surface area (Å²) in [5, 5.41) is 16.9. The second-order valence-electron chi connectivity index (χ2n) is 4.53. The van der Waals surface area contributed by atoms with E-state index >= 15 is 0 Å². The van der Waals surface area contributed by atoms with Gasteiger partial charge in [-0.1, -0.05) is 6.07 Å². The highest BCUT2D eigenvalue weighted by molar-refractivity contribution is 5.75. The van der Waals surface area contributed by atoms with Gasteiger partial charge in [-0.2, -0.15) is 5.10 Å². The Morgan fingerprint density at radius 1 is 1.43 bits per heavy atom. The van der Waals surface area contributed by atoms with Crippen LogP contribution in [0.3, 0.4) is 0 Å². The Labute approximate surface area is 132 Å². The summed E-state index contributed by atoms with van der Waals surface area (Å²) in [5.74, 6) is 1.02. The van der Waals surface area contributed by atoms with Crippen molar-refractivity contribution in [2.24, 2.45) is 0 Å². The number of carbonyl (C=O) groups is 1. The number of benzene rings is 1. The summed E-state index contributed by atoms with van der Waals surface area (Å²) in [4.78, 5) is 21.6. The van der Waals surface area contributed by atoms with E-state index in [2.05, 4.69) is 10.4 Å². The van der Waals surface area contributed by atoms with Gasteiger partial charge in [-0.05, 0) is 12.1 Å². The monoisotopic (exact) mass is 320 g/mol. The van der Waals surface area contributed by atoms with Gasteiger partial charge in [0, 0.05) is 6.07 Å². The van der Waals surface area contributed by atoms with Gasteiger partial charge in [0.15, 0.2) is 0 Å². The average molecular weight is 320 g/mol. The fraction of sp³-hybridized carbons (Fsp3) is 0.286. The molecule has 23 heavy (non-hydrogen) atoms. The third-order valence-electron chi connectivity index (χ3n) is 2.87. The molecule has 2 rings (SSSR count). The number of ether oxygens (including phenoxy) is 2. The van der Waals surface area contributed by atoms with Gasteiger partial charge >= 0.3 is 5.69 Å². The molecule has 9 nitrogen and oxygen atoms in total. The van der Waals surface area contributed by atoms with Crippen molar-refractivity contribution in [3.05, 3.63) is 46.8 Å². The largest absolute Gasteiger partial charge is 0.497 e. The van der Waals surface area contributed by atoms with Crippen molar-refractivity contribution in [2.45, 2.75) is 6.54 Å². The van der Waals surface area contributed by atoms with Gasteiger partial charge in [-0.15, -0.1) is 0 Å². The molecule has 0 saturated carbocycles. The number of carbonyl (C=O) groups excluding carboxylic acids is 1. The molecule has 2 aromatic rings. The zero-order valence-corrected chi connectivity index (χ0v) is 12.5. The van der Waals surface area contributed by atoms with Crippen LogP contribution in [0.15, 0.2) is 36.7 Å². The normalized spacial score (nSPS) is 10.1. The molecule has 0 spiro atoms. The van der Waals surface area contributed by atoms with Crippen LogP contribution in [-0.2, 0) is 11.3 Å². The Balaban J connectivity index is 1.70. The summed E-state index contributed by atoms with van der Waals surface area (Å²) in [5.41, 5.74) is -0.154. The minimum absolute atomic E-state index is 0.0903. The Morgan fingerprint density at radius 3 is 2.91 bits per heavy atom. The molecule has 0 aliphatic carbocycles. The van der Waals surface area contributed by atoms with E-state index in [0.717, 1.165) is 6.20 Å². The molecule has 0 unspecified atom stereocenters. The second-order valence-corrected chi connectivity index (χ2v) is 4.53. The fourth-order valence-electron chi connectivity index (χ4n) is 1.79. The van der Waals surface area contributed by atoms with Gasteiger partial charge in [-0.25, -0.2) is 0 Å². The summed E-state index contributed by atoms with van der Waals surface area (Å²) < 4.78 is 11.8. The van der Waals surface area contributed by atoms with Gasteiger partial charge in [0.05, 0.1) is 18.6 Å². The molecular formula is C14H16N4O5. The summed E-state index contributed by atoms with van der Waals surface area (Å²) in [6.07, 6.45) is 2.30.